The highest BCUT2D eigenvalue weighted by Gasteiger charge is 2.69. The monoisotopic (exact) mass is 390 g/mol. The van der Waals surface area contributed by atoms with Crippen LogP contribution in [0.1, 0.15) is 47.5 Å². The molecule has 1 aliphatic carbocycles. The molecular formula is C20H30N4O4. The Balaban J connectivity index is 1.70. The van der Waals surface area contributed by atoms with Crippen LogP contribution in [0.15, 0.2) is 0 Å². The summed E-state index contributed by atoms with van der Waals surface area (Å²) < 4.78 is 5.48. The average molecular weight is 390 g/mol. The van der Waals surface area contributed by atoms with Crippen LogP contribution in [0.3, 0.4) is 0 Å². The van der Waals surface area contributed by atoms with Crippen molar-refractivity contribution in [2.75, 3.05) is 13.1 Å². The number of piperidine rings is 1. The molecule has 2 N–H and O–H groups in total. The van der Waals surface area contributed by atoms with Crippen LogP contribution < -0.4 is 10.6 Å². The largest absolute Gasteiger partial charge is 0.444 e. The van der Waals surface area contributed by atoms with Gasteiger partial charge in [-0.1, -0.05) is 13.8 Å². The van der Waals surface area contributed by atoms with Crippen molar-refractivity contribution >= 4 is 17.9 Å². The molecule has 5 atom stereocenters. The fourth-order valence-electron chi connectivity index (χ4n) is 4.65. The van der Waals surface area contributed by atoms with E-state index in [1.165, 1.54) is 4.90 Å². The number of carbonyl (C=O) groups is 3. The first-order chi connectivity index (χ1) is 13.0. The lowest BCUT2D eigenvalue weighted by Crippen LogP contribution is -2.53. The molecule has 0 aromatic carbocycles. The van der Waals surface area contributed by atoms with E-state index in [0.29, 0.717) is 19.5 Å². The molecule has 1 saturated carbocycles. The third kappa shape index (κ3) is 3.80. The number of hydrogen-bond acceptors (Lipinski definition) is 5. The van der Waals surface area contributed by atoms with Crippen molar-refractivity contribution in [2.24, 2.45) is 23.2 Å². The highest BCUT2D eigenvalue weighted by atomic mass is 16.6. The van der Waals surface area contributed by atoms with Crippen LogP contribution in [0.5, 0.6) is 0 Å². The molecule has 28 heavy (non-hydrogen) atoms. The fraction of sp³-hybridized carbons (Fsp3) is 0.800. The molecule has 0 unspecified atom stereocenters. The van der Waals surface area contributed by atoms with Crippen molar-refractivity contribution in [3.63, 3.8) is 0 Å². The number of rotatable bonds is 4. The van der Waals surface area contributed by atoms with Crippen molar-refractivity contribution in [3.05, 3.63) is 0 Å². The zero-order chi connectivity index (χ0) is 20.9. The standard InChI is InChI=1S/C20H30N4O4/c1-19(2,3)28-18(27)24-10-13-14(20(13,4)5)15(24)17(26)23-12(9-21)8-11-6-7-22-16(11)25/h11-15H,6-8,10H2,1-5H3,(H,22,25)(H,23,26)/t11-,12-,13-,14-,15-/m0/s1. The molecular weight excluding hydrogens is 360 g/mol. The lowest BCUT2D eigenvalue weighted by Gasteiger charge is -2.32. The highest BCUT2D eigenvalue weighted by molar-refractivity contribution is 5.88. The summed E-state index contributed by atoms with van der Waals surface area (Å²) in [6.45, 7) is 10.6. The molecule has 8 heteroatoms. The van der Waals surface area contributed by atoms with Crippen molar-refractivity contribution < 1.29 is 19.1 Å². The summed E-state index contributed by atoms with van der Waals surface area (Å²) >= 11 is 0. The molecule has 3 amide bonds. The van der Waals surface area contributed by atoms with Crippen LogP contribution in [0, 0.1) is 34.5 Å². The Labute approximate surface area is 166 Å². The smallest absolute Gasteiger partial charge is 0.410 e. The second-order valence-electron chi connectivity index (χ2n) is 9.73. The number of fused-ring (bicyclic) bond motifs is 1. The summed E-state index contributed by atoms with van der Waals surface area (Å²) in [5.74, 6) is -0.380. The highest BCUT2D eigenvalue weighted by Crippen LogP contribution is 2.65. The summed E-state index contributed by atoms with van der Waals surface area (Å²) in [4.78, 5) is 39.0. The van der Waals surface area contributed by atoms with Crippen molar-refractivity contribution in [1.82, 2.24) is 15.5 Å². The topological polar surface area (TPSA) is 112 Å². The third-order valence-corrected chi connectivity index (χ3v) is 6.26. The van der Waals surface area contributed by atoms with Gasteiger partial charge in [-0.15, -0.1) is 0 Å². The Morgan fingerprint density at radius 1 is 1.43 bits per heavy atom. The molecule has 0 bridgehead atoms. The van der Waals surface area contributed by atoms with E-state index < -0.39 is 23.8 Å². The van der Waals surface area contributed by atoms with Crippen LogP contribution in [-0.2, 0) is 14.3 Å². The van der Waals surface area contributed by atoms with Crippen LogP contribution in [-0.4, -0.2) is 53.6 Å². The number of hydrogen-bond donors (Lipinski definition) is 2. The summed E-state index contributed by atoms with van der Waals surface area (Å²) in [7, 11) is 0. The van der Waals surface area contributed by atoms with E-state index in [2.05, 4.69) is 30.6 Å². The van der Waals surface area contributed by atoms with Crippen LogP contribution in [0.2, 0.25) is 0 Å². The summed E-state index contributed by atoms with van der Waals surface area (Å²) in [5.41, 5.74) is -0.667. The second kappa shape index (κ2) is 6.94. The number of amides is 3. The maximum absolute atomic E-state index is 13.1. The number of nitrogens with zero attached hydrogens (tertiary/aromatic N) is 2. The van der Waals surface area contributed by atoms with Crippen molar-refractivity contribution in [3.8, 4) is 6.07 Å². The molecule has 8 nitrogen and oxygen atoms in total. The van der Waals surface area contributed by atoms with E-state index in [0.717, 1.165) is 0 Å². The van der Waals surface area contributed by atoms with E-state index in [9.17, 15) is 19.6 Å². The van der Waals surface area contributed by atoms with Gasteiger partial charge in [-0.3, -0.25) is 14.5 Å². The predicted octanol–water partition coefficient (Wildman–Crippen LogP) is 1.41. The zero-order valence-corrected chi connectivity index (χ0v) is 17.2. The maximum atomic E-state index is 13.1. The third-order valence-electron chi connectivity index (χ3n) is 6.26. The average Bonchev–Trinajstić information content (AvgIpc) is 2.97. The van der Waals surface area contributed by atoms with E-state index in [1.807, 2.05) is 0 Å². The van der Waals surface area contributed by atoms with Gasteiger partial charge < -0.3 is 15.4 Å². The normalized spacial score (nSPS) is 31.4. The van der Waals surface area contributed by atoms with E-state index >= 15 is 0 Å². The summed E-state index contributed by atoms with van der Waals surface area (Å²) in [5, 5.41) is 15.0. The summed E-state index contributed by atoms with van der Waals surface area (Å²) in [6.07, 6.45) is 0.447. The van der Waals surface area contributed by atoms with Crippen LogP contribution >= 0.6 is 0 Å². The Bertz CT molecular complexity index is 721. The molecule has 2 aliphatic heterocycles. The van der Waals surface area contributed by atoms with E-state index in [1.54, 1.807) is 20.8 Å². The van der Waals surface area contributed by atoms with E-state index in [4.69, 9.17) is 4.74 Å². The van der Waals surface area contributed by atoms with Crippen LogP contribution in [0.25, 0.3) is 0 Å². The maximum Gasteiger partial charge on any atom is 0.410 e. The quantitative estimate of drug-likeness (QED) is 0.754. The SMILES string of the molecule is CC(C)(C)OC(=O)N1C[C@H]2[C@@H]([C@H]1C(=O)N[C@H](C#N)C[C@@H]1CCNC1=O)C2(C)C. The van der Waals surface area contributed by atoms with Crippen LogP contribution in [0.4, 0.5) is 4.79 Å². The Morgan fingerprint density at radius 3 is 2.64 bits per heavy atom. The van der Waals surface area contributed by atoms with Crippen molar-refractivity contribution in [1.29, 1.82) is 5.26 Å². The second-order valence-corrected chi connectivity index (χ2v) is 9.73. The number of likely N-dealkylation sites (tertiary alicyclic amines) is 1. The molecule has 0 radical (unpaired) electrons. The number of carbonyl (C=O) groups excluding carboxylic acids is 3. The van der Waals surface area contributed by atoms with Gasteiger partial charge in [0, 0.05) is 19.0 Å². The van der Waals surface area contributed by atoms with Gasteiger partial charge in [0.15, 0.2) is 0 Å². The molecule has 154 valence electrons. The molecule has 0 aromatic rings. The van der Waals surface area contributed by atoms with Gasteiger partial charge in [0.25, 0.3) is 0 Å². The fourth-order valence-corrected chi connectivity index (χ4v) is 4.65. The Kier molecular flexibility index (Phi) is 5.07. The van der Waals surface area contributed by atoms with Gasteiger partial charge in [-0.05, 0) is 50.9 Å². The molecule has 3 fully saturated rings. The van der Waals surface area contributed by atoms with Gasteiger partial charge in [-0.2, -0.15) is 5.26 Å². The lowest BCUT2D eigenvalue weighted by atomic mass is 9.97. The molecule has 2 saturated heterocycles. The van der Waals surface area contributed by atoms with Gasteiger partial charge in [0.1, 0.15) is 17.7 Å². The first-order valence-corrected chi connectivity index (χ1v) is 9.93. The first kappa shape index (κ1) is 20.4. The minimum absolute atomic E-state index is 0.0198. The van der Waals surface area contributed by atoms with Gasteiger partial charge in [0.05, 0.1) is 6.07 Å². The Morgan fingerprint density at radius 2 is 2.11 bits per heavy atom. The molecule has 3 rings (SSSR count). The minimum Gasteiger partial charge on any atom is -0.444 e. The number of nitrogens with one attached hydrogen (secondary N) is 2. The first-order valence-electron chi connectivity index (χ1n) is 9.93. The van der Waals surface area contributed by atoms with Gasteiger partial charge >= 0.3 is 6.09 Å². The number of nitriles is 1. The van der Waals surface area contributed by atoms with Gasteiger partial charge in [-0.25, -0.2) is 4.79 Å². The van der Waals surface area contributed by atoms with E-state index in [-0.39, 0.29) is 41.4 Å². The molecule has 0 aromatic heterocycles. The minimum atomic E-state index is -0.761. The van der Waals surface area contributed by atoms with Crippen molar-refractivity contribution in [2.45, 2.75) is 65.1 Å². The predicted molar refractivity (Wildman–Crippen MR) is 101 cm³/mol. The van der Waals surface area contributed by atoms with Gasteiger partial charge in [0.2, 0.25) is 11.8 Å². The number of ether oxygens (including phenoxy) is 1. The Hall–Kier alpha value is -2.30. The lowest BCUT2D eigenvalue weighted by molar-refractivity contribution is -0.128. The summed E-state index contributed by atoms with van der Waals surface area (Å²) in [6, 6.07) is 0.677. The molecule has 2 heterocycles. The molecule has 3 aliphatic rings. The molecule has 0 spiro atoms. The zero-order valence-electron chi connectivity index (χ0n) is 17.2.